The fourth-order valence-corrected chi connectivity index (χ4v) is 7.72. The molecule has 0 unspecified atom stereocenters. The molecule has 7 rings (SSSR count). The predicted molar refractivity (Wildman–Crippen MR) is 209 cm³/mol. The number of hydrogen-bond acceptors (Lipinski definition) is 11. The lowest BCUT2D eigenvalue weighted by molar-refractivity contribution is -0.349. The highest BCUT2D eigenvalue weighted by Crippen LogP contribution is 2.43. The number of benzene rings is 4. The molecular formula is C46H54O11. The monoisotopic (exact) mass is 782 g/mol. The van der Waals surface area contributed by atoms with Crippen molar-refractivity contribution in [1.29, 1.82) is 0 Å². The minimum Gasteiger partial charge on any atom is -0.456 e. The van der Waals surface area contributed by atoms with E-state index in [1.54, 1.807) is 34.6 Å². The summed E-state index contributed by atoms with van der Waals surface area (Å²) in [5.74, 6) is -1.58. The van der Waals surface area contributed by atoms with Gasteiger partial charge in [0.25, 0.3) is 0 Å². The van der Waals surface area contributed by atoms with Crippen molar-refractivity contribution in [2.45, 2.75) is 121 Å². The van der Waals surface area contributed by atoms with Gasteiger partial charge >= 0.3 is 5.97 Å². The molecule has 11 nitrogen and oxygen atoms in total. The molecule has 3 heterocycles. The third-order valence-electron chi connectivity index (χ3n) is 10.6. The van der Waals surface area contributed by atoms with Crippen molar-refractivity contribution in [3.05, 3.63) is 144 Å². The highest BCUT2D eigenvalue weighted by Gasteiger charge is 2.58. The Bertz CT molecular complexity index is 1790. The fourth-order valence-electron chi connectivity index (χ4n) is 7.72. The molecule has 4 aromatic carbocycles. The number of aliphatic hydroxyl groups excluding tert-OH is 2. The lowest BCUT2D eigenvalue weighted by Gasteiger charge is -2.47. The molecule has 0 aliphatic carbocycles. The van der Waals surface area contributed by atoms with E-state index in [0.29, 0.717) is 6.61 Å². The van der Waals surface area contributed by atoms with E-state index in [-0.39, 0.29) is 6.61 Å². The molecule has 11 heteroatoms. The molecule has 304 valence electrons. The Labute approximate surface area is 334 Å². The summed E-state index contributed by atoms with van der Waals surface area (Å²) in [5.41, 5.74) is 1.44. The molecule has 0 saturated carbocycles. The molecule has 0 aromatic heterocycles. The zero-order valence-electron chi connectivity index (χ0n) is 33.3. The lowest BCUT2D eigenvalue weighted by Crippen LogP contribution is -2.64. The maximum atomic E-state index is 13.4. The topological polar surface area (TPSA) is 131 Å². The van der Waals surface area contributed by atoms with Crippen LogP contribution in [0.4, 0.5) is 0 Å². The molecule has 0 amide bonds. The van der Waals surface area contributed by atoms with Crippen LogP contribution in [-0.2, 0) is 54.9 Å². The number of aliphatic hydroxyl groups is 2. The minimum absolute atomic E-state index is 0.185. The highest BCUT2D eigenvalue weighted by atomic mass is 16.8. The molecule has 2 N–H and O–H groups in total. The molecule has 10 atom stereocenters. The first-order valence-corrected chi connectivity index (χ1v) is 19.6. The third-order valence-corrected chi connectivity index (χ3v) is 10.6. The van der Waals surface area contributed by atoms with Crippen molar-refractivity contribution in [3.8, 4) is 0 Å². The molecule has 0 bridgehead atoms. The standard InChI is InChI=1S/C46H54O11/c1-29-37(39-40(57-45(5,6)56-39)42(52-29)50-27-30-19-11-7-12-20-30)54-41-36(48)35(47)38(55-43(49)44(2,3)4)34(53-41)28-51-46(31-21-13-8-14-22-31,32-23-15-9-16-24-32)33-25-17-10-18-26-33/h7-26,29,34-42,47-48H,27-28H2,1-6H3/t29-,34+,35+,36-,37-,38+,39+,40+,41+,42+/m0/s1. The van der Waals surface area contributed by atoms with Crippen LogP contribution in [0.1, 0.15) is 63.8 Å². The number of carbonyl (C=O) groups excluding carboxylic acids is 1. The van der Waals surface area contributed by atoms with Crippen molar-refractivity contribution in [3.63, 3.8) is 0 Å². The maximum Gasteiger partial charge on any atom is 0.311 e. The van der Waals surface area contributed by atoms with Gasteiger partial charge in [-0.05, 0) is 63.8 Å². The van der Waals surface area contributed by atoms with Crippen LogP contribution in [0.3, 0.4) is 0 Å². The second-order valence-corrected chi connectivity index (χ2v) is 16.4. The van der Waals surface area contributed by atoms with Crippen LogP contribution in [0.25, 0.3) is 0 Å². The van der Waals surface area contributed by atoms with Crippen LogP contribution in [-0.4, -0.2) is 90.0 Å². The summed E-state index contributed by atoms with van der Waals surface area (Å²) in [6, 6.07) is 39.2. The number of ether oxygens (including phenoxy) is 8. The Kier molecular flexibility index (Phi) is 12.3. The summed E-state index contributed by atoms with van der Waals surface area (Å²) in [4.78, 5) is 13.4. The predicted octanol–water partition coefficient (Wildman–Crippen LogP) is 6.27. The van der Waals surface area contributed by atoms with Crippen molar-refractivity contribution in [2.24, 2.45) is 5.41 Å². The summed E-state index contributed by atoms with van der Waals surface area (Å²) < 4.78 is 51.5. The first-order chi connectivity index (χ1) is 27.3. The van der Waals surface area contributed by atoms with E-state index in [0.717, 1.165) is 22.3 Å². The van der Waals surface area contributed by atoms with E-state index in [2.05, 4.69) is 0 Å². The Morgan fingerprint density at radius 3 is 1.72 bits per heavy atom. The summed E-state index contributed by atoms with van der Waals surface area (Å²) >= 11 is 0. The number of hydrogen-bond donors (Lipinski definition) is 2. The largest absolute Gasteiger partial charge is 0.456 e. The van der Waals surface area contributed by atoms with Crippen molar-refractivity contribution in [2.75, 3.05) is 6.61 Å². The molecule has 3 aliphatic heterocycles. The summed E-state index contributed by atoms with van der Waals surface area (Å²) in [6.45, 7) is 10.7. The van der Waals surface area contributed by atoms with Gasteiger partial charge in [-0.2, -0.15) is 0 Å². The van der Waals surface area contributed by atoms with Gasteiger partial charge in [-0.1, -0.05) is 121 Å². The van der Waals surface area contributed by atoms with E-state index in [1.165, 1.54) is 0 Å². The summed E-state index contributed by atoms with van der Waals surface area (Å²) in [6.07, 6.45) is -10.7. The maximum absolute atomic E-state index is 13.4. The molecule has 0 spiro atoms. The lowest BCUT2D eigenvalue weighted by atomic mass is 9.80. The fraction of sp³-hybridized carbons (Fsp3) is 0.457. The van der Waals surface area contributed by atoms with Gasteiger partial charge in [-0.15, -0.1) is 0 Å². The van der Waals surface area contributed by atoms with Crippen LogP contribution in [0.15, 0.2) is 121 Å². The van der Waals surface area contributed by atoms with Gasteiger partial charge in [0.15, 0.2) is 24.5 Å². The molecular weight excluding hydrogens is 728 g/mol. The Morgan fingerprint density at radius 1 is 0.684 bits per heavy atom. The second-order valence-electron chi connectivity index (χ2n) is 16.4. The van der Waals surface area contributed by atoms with Crippen molar-refractivity contribution < 1.29 is 52.9 Å². The van der Waals surface area contributed by atoms with Gasteiger partial charge in [-0.25, -0.2) is 0 Å². The first-order valence-electron chi connectivity index (χ1n) is 19.6. The highest BCUT2D eigenvalue weighted by molar-refractivity contribution is 5.75. The van der Waals surface area contributed by atoms with Crippen LogP contribution < -0.4 is 0 Å². The Morgan fingerprint density at radius 2 is 1.19 bits per heavy atom. The average molecular weight is 783 g/mol. The number of rotatable bonds is 12. The molecule has 57 heavy (non-hydrogen) atoms. The zero-order valence-corrected chi connectivity index (χ0v) is 33.3. The van der Waals surface area contributed by atoms with Gasteiger partial charge in [-0.3, -0.25) is 4.79 Å². The summed E-state index contributed by atoms with van der Waals surface area (Å²) in [5, 5.41) is 23.5. The molecule has 3 fully saturated rings. The molecule has 0 radical (unpaired) electrons. The third kappa shape index (κ3) is 8.88. The minimum atomic E-state index is -1.63. The quantitative estimate of drug-likeness (QED) is 0.125. The average Bonchev–Trinajstić information content (AvgIpc) is 3.54. The zero-order chi connectivity index (χ0) is 40.4. The normalized spacial score (nSPS) is 30.0. The van der Waals surface area contributed by atoms with E-state index in [9.17, 15) is 15.0 Å². The molecule has 3 saturated heterocycles. The second kappa shape index (κ2) is 17.1. The Hall–Kier alpha value is -4.01. The van der Waals surface area contributed by atoms with Crippen molar-refractivity contribution in [1.82, 2.24) is 0 Å². The van der Waals surface area contributed by atoms with Gasteiger partial charge in [0, 0.05) is 0 Å². The summed E-state index contributed by atoms with van der Waals surface area (Å²) in [7, 11) is 0. The van der Waals surface area contributed by atoms with E-state index < -0.39 is 84.2 Å². The van der Waals surface area contributed by atoms with Gasteiger partial charge < -0.3 is 48.1 Å². The van der Waals surface area contributed by atoms with Gasteiger partial charge in [0.2, 0.25) is 0 Å². The number of carbonyl (C=O) groups is 1. The van der Waals surface area contributed by atoms with E-state index in [1.807, 2.05) is 128 Å². The number of fused-ring (bicyclic) bond motifs is 1. The first kappa shape index (κ1) is 41.2. The van der Waals surface area contributed by atoms with Crippen LogP contribution >= 0.6 is 0 Å². The smallest absolute Gasteiger partial charge is 0.311 e. The SMILES string of the molecule is C[C@@H]1O[C@@H](OCc2ccccc2)[C@@H]2OC(C)(C)O[C@@H]2[C@H]1O[C@H]1O[C@H](COC(c2ccccc2)(c2ccccc2)c2ccccc2)[C@@H](OC(=O)C(C)(C)C)[C@H](O)[C@@H]1O. The van der Waals surface area contributed by atoms with E-state index >= 15 is 0 Å². The van der Waals surface area contributed by atoms with E-state index in [4.69, 9.17) is 37.9 Å². The number of esters is 1. The van der Waals surface area contributed by atoms with Gasteiger partial charge in [0.1, 0.15) is 42.2 Å². The van der Waals surface area contributed by atoms with Gasteiger partial charge in [0.05, 0.1) is 24.7 Å². The molecule has 3 aliphatic rings. The Balaban J connectivity index is 1.19. The van der Waals surface area contributed by atoms with Crippen LogP contribution in [0.5, 0.6) is 0 Å². The van der Waals surface area contributed by atoms with Crippen LogP contribution in [0.2, 0.25) is 0 Å². The van der Waals surface area contributed by atoms with Crippen LogP contribution in [0, 0.1) is 5.41 Å². The molecule has 4 aromatic rings. The van der Waals surface area contributed by atoms with Crippen molar-refractivity contribution >= 4 is 5.97 Å².